The van der Waals surface area contributed by atoms with E-state index >= 15 is 0 Å². The van der Waals surface area contributed by atoms with Crippen molar-refractivity contribution in [1.29, 1.82) is 0 Å². The predicted molar refractivity (Wildman–Crippen MR) is 64.0 cm³/mol. The molecule has 2 heterocycles. The lowest BCUT2D eigenvalue weighted by Gasteiger charge is -2.05. The highest BCUT2D eigenvalue weighted by atomic mass is 15.1. The third-order valence-corrected chi connectivity index (χ3v) is 2.45. The molecule has 0 bridgehead atoms. The summed E-state index contributed by atoms with van der Waals surface area (Å²) in [6.07, 6.45) is 7.40. The lowest BCUT2D eigenvalue weighted by atomic mass is 10.2. The number of nitrogens with zero attached hydrogens (tertiary/aromatic N) is 3. The summed E-state index contributed by atoms with van der Waals surface area (Å²) in [5, 5.41) is 0. The molecule has 2 N–H and O–H groups in total. The fourth-order valence-electron chi connectivity index (χ4n) is 1.65. The van der Waals surface area contributed by atoms with Crippen molar-refractivity contribution in [3.63, 3.8) is 0 Å². The van der Waals surface area contributed by atoms with Crippen LogP contribution in [-0.4, -0.2) is 14.5 Å². The molecular formula is C12H16N4. The van der Waals surface area contributed by atoms with Crippen molar-refractivity contribution in [2.24, 2.45) is 0 Å². The van der Waals surface area contributed by atoms with Crippen LogP contribution in [0.4, 0.5) is 5.69 Å². The summed E-state index contributed by atoms with van der Waals surface area (Å²) in [5.41, 5.74) is 7.29. The quantitative estimate of drug-likeness (QED) is 0.848. The molecule has 16 heavy (non-hydrogen) atoms. The Morgan fingerprint density at radius 2 is 2.19 bits per heavy atom. The highest BCUT2D eigenvalue weighted by Crippen LogP contribution is 2.08. The topological polar surface area (TPSA) is 56.7 Å². The van der Waals surface area contributed by atoms with Gasteiger partial charge in [-0.05, 0) is 18.6 Å². The second-order valence-electron chi connectivity index (χ2n) is 3.80. The SMILES string of the molecule is CCCn1ccnc1Cc1ccc(N)cn1. The first-order valence-corrected chi connectivity index (χ1v) is 5.50. The number of nitrogens with two attached hydrogens (primary N) is 1. The molecule has 0 aliphatic rings. The number of pyridine rings is 1. The zero-order chi connectivity index (χ0) is 11.4. The molecule has 0 saturated heterocycles. The van der Waals surface area contributed by atoms with Crippen molar-refractivity contribution in [3.05, 3.63) is 42.2 Å². The molecule has 4 heteroatoms. The third-order valence-electron chi connectivity index (χ3n) is 2.45. The van der Waals surface area contributed by atoms with Gasteiger partial charge in [0.1, 0.15) is 5.82 Å². The molecule has 2 aromatic heterocycles. The van der Waals surface area contributed by atoms with Crippen LogP contribution in [-0.2, 0) is 13.0 Å². The van der Waals surface area contributed by atoms with E-state index in [-0.39, 0.29) is 0 Å². The van der Waals surface area contributed by atoms with Crippen LogP contribution in [0.1, 0.15) is 24.9 Å². The number of aryl methyl sites for hydroxylation is 1. The second kappa shape index (κ2) is 4.79. The first-order valence-electron chi connectivity index (χ1n) is 5.50. The lowest BCUT2D eigenvalue weighted by Crippen LogP contribution is -2.04. The summed E-state index contributed by atoms with van der Waals surface area (Å²) >= 11 is 0. The molecule has 0 fully saturated rings. The Hall–Kier alpha value is -1.84. The van der Waals surface area contributed by atoms with Gasteiger partial charge >= 0.3 is 0 Å². The Bertz CT molecular complexity index is 444. The van der Waals surface area contributed by atoms with Crippen molar-refractivity contribution < 1.29 is 0 Å². The first kappa shape index (κ1) is 10.7. The van der Waals surface area contributed by atoms with E-state index < -0.39 is 0 Å². The summed E-state index contributed by atoms with van der Waals surface area (Å²) in [7, 11) is 0. The standard InChI is InChI=1S/C12H16N4/c1-2-6-16-7-5-14-12(16)8-11-4-3-10(13)9-15-11/h3-5,7,9H,2,6,8,13H2,1H3. The lowest BCUT2D eigenvalue weighted by molar-refractivity contribution is 0.645. The maximum atomic E-state index is 5.59. The van der Waals surface area contributed by atoms with E-state index in [9.17, 15) is 0 Å². The Kier molecular flexibility index (Phi) is 3.19. The third kappa shape index (κ3) is 2.39. The minimum atomic E-state index is 0.695. The van der Waals surface area contributed by atoms with E-state index in [1.54, 1.807) is 6.20 Å². The molecule has 0 atom stereocenters. The van der Waals surface area contributed by atoms with Crippen molar-refractivity contribution in [3.8, 4) is 0 Å². The second-order valence-corrected chi connectivity index (χ2v) is 3.80. The Balaban J connectivity index is 2.13. The zero-order valence-electron chi connectivity index (χ0n) is 9.43. The monoisotopic (exact) mass is 216 g/mol. The largest absolute Gasteiger partial charge is 0.397 e. The molecule has 0 unspecified atom stereocenters. The molecule has 0 radical (unpaired) electrons. The molecule has 4 nitrogen and oxygen atoms in total. The minimum Gasteiger partial charge on any atom is -0.397 e. The van der Waals surface area contributed by atoms with E-state index in [4.69, 9.17) is 5.73 Å². The van der Waals surface area contributed by atoms with Crippen molar-refractivity contribution >= 4 is 5.69 Å². The Morgan fingerprint density at radius 1 is 1.31 bits per heavy atom. The summed E-state index contributed by atoms with van der Waals surface area (Å²) < 4.78 is 2.16. The molecular weight excluding hydrogens is 200 g/mol. The van der Waals surface area contributed by atoms with Crippen LogP contribution in [0.3, 0.4) is 0 Å². The predicted octanol–water partition coefficient (Wildman–Crippen LogP) is 1.86. The van der Waals surface area contributed by atoms with Gasteiger partial charge in [0.05, 0.1) is 11.9 Å². The van der Waals surface area contributed by atoms with Crippen molar-refractivity contribution in [1.82, 2.24) is 14.5 Å². The molecule has 2 rings (SSSR count). The number of hydrogen-bond acceptors (Lipinski definition) is 3. The van der Waals surface area contributed by atoms with E-state index in [2.05, 4.69) is 21.5 Å². The van der Waals surface area contributed by atoms with Crippen LogP contribution in [0.25, 0.3) is 0 Å². The molecule has 0 saturated carbocycles. The van der Waals surface area contributed by atoms with Crippen LogP contribution < -0.4 is 5.73 Å². The van der Waals surface area contributed by atoms with E-state index in [0.29, 0.717) is 5.69 Å². The number of imidazole rings is 1. The summed E-state index contributed by atoms with van der Waals surface area (Å²) in [4.78, 5) is 8.62. The van der Waals surface area contributed by atoms with E-state index in [1.165, 1.54) is 0 Å². The number of rotatable bonds is 4. The van der Waals surface area contributed by atoms with E-state index in [0.717, 1.165) is 30.9 Å². The smallest absolute Gasteiger partial charge is 0.114 e. The number of hydrogen-bond donors (Lipinski definition) is 1. The normalized spacial score (nSPS) is 10.6. The number of aromatic nitrogens is 3. The van der Waals surface area contributed by atoms with Crippen LogP contribution in [0, 0.1) is 0 Å². The van der Waals surface area contributed by atoms with Gasteiger partial charge in [-0.2, -0.15) is 0 Å². The Labute approximate surface area is 95.1 Å². The highest BCUT2D eigenvalue weighted by Gasteiger charge is 2.04. The Morgan fingerprint density at radius 3 is 2.88 bits per heavy atom. The first-order chi connectivity index (χ1) is 7.79. The average Bonchev–Trinajstić information content (AvgIpc) is 2.70. The summed E-state index contributed by atoms with van der Waals surface area (Å²) in [5.74, 6) is 1.05. The van der Waals surface area contributed by atoms with Gasteiger partial charge in [0, 0.05) is 31.1 Å². The van der Waals surface area contributed by atoms with Crippen LogP contribution in [0.5, 0.6) is 0 Å². The highest BCUT2D eigenvalue weighted by molar-refractivity contribution is 5.34. The average molecular weight is 216 g/mol. The van der Waals surface area contributed by atoms with Gasteiger partial charge in [-0.25, -0.2) is 4.98 Å². The van der Waals surface area contributed by atoms with Gasteiger partial charge in [0.2, 0.25) is 0 Å². The van der Waals surface area contributed by atoms with Gasteiger partial charge in [0.25, 0.3) is 0 Å². The molecule has 0 aromatic carbocycles. The molecule has 0 amide bonds. The van der Waals surface area contributed by atoms with Crippen LogP contribution >= 0.6 is 0 Å². The van der Waals surface area contributed by atoms with Crippen LogP contribution in [0.15, 0.2) is 30.7 Å². The van der Waals surface area contributed by atoms with Gasteiger partial charge in [0.15, 0.2) is 0 Å². The maximum Gasteiger partial charge on any atom is 0.114 e. The maximum absolute atomic E-state index is 5.59. The zero-order valence-corrected chi connectivity index (χ0v) is 9.43. The van der Waals surface area contributed by atoms with Crippen molar-refractivity contribution in [2.75, 3.05) is 5.73 Å². The fraction of sp³-hybridized carbons (Fsp3) is 0.333. The van der Waals surface area contributed by atoms with Crippen molar-refractivity contribution in [2.45, 2.75) is 26.3 Å². The number of nitrogen functional groups attached to an aromatic ring is 1. The van der Waals surface area contributed by atoms with Gasteiger partial charge in [-0.15, -0.1) is 0 Å². The minimum absolute atomic E-state index is 0.695. The fourth-order valence-corrected chi connectivity index (χ4v) is 1.65. The summed E-state index contributed by atoms with van der Waals surface area (Å²) in [6, 6.07) is 3.82. The van der Waals surface area contributed by atoms with Gasteiger partial charge in [-0.1, -0.05) is 6.92 Å². The van der Waals surface area contributed by atoms with Gasteiger partial charge < -0.3 is 10.3 Å². The molecule has 2 aromatic rings. The van der Waals surface area contributed by atoms with Crippen LogP contribution in [0.2, 0.25) is 0 Å². The van der Waals surface area contributed by atoms with Gasteiger partial charge in [-0.3, -0.25) is 4.98 Å². The molecule has 0 aliphatic carbocycles. The summed E-state index contributed by atoms with van der Waals surface area (Å²) in [6.45, 7) is 3.16. The molecule has 0 aliphatic heterocycles. The molecule has 0 spiro atoms. The number of anilines is 1. The van der Waals surface area contributed by atoms with E-state index in [1.807, 2.05) is 24.5 Å². The molecule has 84 valence electrons.